The van der Waals surface area contributed by atoms with E-state index in [4.69, 9.17) is 0 Å². The van der Waals surface area contributed by atoms with E-state index >= 15 is 0 Å². The summed E-state index contributed by atoms with van der Waals surface area (Å²) in [5, 5.41) is 3.48. The van der Waals surface area contributed by atoms with Gasteiger partial charge in [-0.25, -0.2) is 0 Å². The smallest absolute Gasteiger partial charge is 0.0196 e. The van der Waals surface area contributed by atoms with Gasteiger partial charge in [-0.1, -0.05) is 31.9 Å². The maximum atomic E-state index is 3.48. The van der Waals surface area contributed by atoms with E-state index in [0.717, 1.165) is 5.41 Å². The highest BCUT2D eigenvalue weighted by atomic mass is 15.2. The van der Waals surface area contributed by atoms with E-state index in [1.54, 1.807) is 0 Å². The van der Waals surface area contributed by atoms with Crippen LogP contribution in [0.3, 0.4) is 0 Å². The third kappa shape index (κ3) is 2.39. The molecule has 5 rings (SSSR count). The van der Waals surface area contributed by atoms with E-state index in [9.17, 15) is 0 Å². The molecule has 0 amide bonds. The molecule has 0 radical (unpaired) electrons. The Hall–Kier alpha value is -0.340. The van der Waals surface area contributed by atoms with Gasteiger partial charge >= 0.3 is 0 Å². The fraction of sp³-hybridized carbons (Fsp3) is 0.895. The zero-order valence-corrected chi connectivity index (χ0v) is 14.2. The molecule has 118 valence electrons. The van der Waals surface area contributed by atoms with E-state index in [2.05, 4.69) is 31.0 Å². The molecule has 0 atom stereocenters. The number of piperazine rings is 1. The van der Waals surface area contributed by atoms with E-state index in [0.29, 0.717) is 10.8 Å². The van der Waals surface area contributed by atoms with Crippen LogP contribution in [0.4, 0.5) is 0 Å². The summed E-state index contributed by atoms with van der Waals surface area (Å²) in [6.07, 6.45) is 8.63. The second-order valence-electron chi connectivity index (χ2n) is 9.57. The van der Waals surface area contributed by atoms with Crippen molar-refractivity contribution in [2.24, 2.45) is 16.2 Å². The summed E-state index contributed by atoms with van der Waals surface area (Å²) in [7, 11) is 0. The van der Waals surface area contributed by atoms with Crippen LogP contribution in [0.5, 0.6) is 0 Å². The lowest BCUT2D eigenvalue weighted by Gasteiger charge is -2.72. The van der Waals surface area contributed by atoms with Crippen molar-refractivity contribution in [2.45, 2.75) is 59.3 Å². The molecule has 0 aromatic heterocycles. The number of allylic oxidation sites excluding steroid dienone is 1. The average Bonchev–Trinajstić information content (AvgIpc) is 2.37. The zero-order chi connectivity index (χ0) is 14.7. The highest BCUT2D eigenvalue weighted by Gasteiger charge is 2.66. The molecular weight excluding hydrogens is 256 g/mol. The summed E-state index contributed by atoms with van der Waals surface area (Å²) in [6.45, 7) is 13.6. The van der Waals surface area contributed by atoms with Crippen LogP contribution in [0.25, 0.3) is 0 Å². The molecule has 1 heterocycles. The molecule has 3 saturated carbocycles. The SMILES string of the molecule is CC1(C)CCC(CN2CCNCC2)=C(C23CC(C)(C2)C3)C1. The van der Waals surface area contributed by atoms with Crippen molar-refractivity contribution in [3.05, 3.63) is 11.1 Å². The Morgan fingerprint density at radius 2 is 1.71 bits per heavy atom. The standard InChI is InChI=1S/C19H32N2/c1-17(2)5-4-15(11-21-8-6-20-7-9-21)16(10-17)19-12-18(3,13-19)14-19/h20H,4-14H2,1-3H3. The van der Waals surface area contributed by atoms with Crippen molar-refractivity contribution < 1.29 is 0 Å². The van der Waals surface area contributed by atoms with Crippen molar-refractivity contribution in [2.75, 3.05) is 32.7 Å². The van der Waals surface area contributed by atoms with Gasteiger partial charge in [-0.3, -0.25) is 4.90 Å². The van der Waals surface area contributed by atoms with Crippen LogP contribution in [-0.4, -0.2) is 37.6 Å². The fourth-order valence-corrected chi connectivity index (χ4v) is 5.82. The lowest BCUT2D eigenvalue weighted by atomic mass is 9.33. The minimum absolute atomic E-state index is 0.540. The molecule has 0 spiro atoms. The van der Waals surface area contributed by atoms with Crippen LogP contribution in [0.1, 0.15) is 59.3 Å². The highest BCUT2D eigenvalue weighted by Crippen LogP contribution is 2.77. The van der Waals surface area contributed by atoms with Gasteiger partial charge in [-0.05, 0) is 54.8 Å². The van der Waals surface area contributed by atoms with E-state index in [-0.39, 0.29) is 0 Å². The zero-order valence-electron chi connectivity index (χ0n) is 14.2. The van der Waals surface area contributed by atoms with Crippen molar-refractivity contribution in [3.63, 3.8) is 0 Å². The van der Waals surface area contributed by atoms with Crippen LogP contribution >= 0.6 is 0 Å². The Bertz CT molecular complexity index is 448. The molecule has 2 heteroatoms. The van der Waals surface area contributed by atoms with E-state index in [1.165, 1.54) is 71.2 Å². The first-order valence-electron chi connectivity index (χ1n) is 9.04. The number of nitrogens with zero attached hydrogens (tertiary/aromatic N) is 1. The average molecular weight is 288 g/mol. The lowest BCUT2D eigenvalue weighted by Crippen LogP contribution is -2.61. The van der Waals surface area contributed by atoms with E-state index < -0.39 is 0 Å². The van der Waals surface area contributed by atoms with E-state index in [1.807, 2.05) is 11.1 Å². The van der Waals surface area contributed by atoms with Gasteiger partial charge in [0.15, 0.2) is 0 Å². The summed E-state index contributed by atoms with van der Waals surface area (Å²) >= 11 is 0. The summed E-state index contributed by atoms with van der Waals surface area (Å²) in [5.41, 5.74) is 5.70. The van der Waals surface area contributed by atoms with Gasteiger partial charge < -0.3 is 5.32 Å². The van der Waals surface area contributed by atoms with Crippen molar-refractivity contribution in [1.82, 2.24) is 10.2 Å². The van der Waals surface area contributed by atoms with Crippen LogP contribution in [-0.2, 0) is 0 Å². The van der Waals surface area contributed by atoms with Crippen molar-refractivity contribution in [3.8, 4) is 0 Å². The summed E-state index contributed by atoms with van der Waals surface area (Å²) in [6, 6.07) is 0. The van der Waals surface area contributed by atoms with Crippen LogP contribution in [0, 0.1) is 16.2 Å². The first-order chi connectivity index (χ1) is 9.90. The Morgan fingerprint density at radius 3 is 2.33 bits per heavy atom. The predicted octanol–water partition coefficient (Wildman–Crippen LogP) is 3.59. The largest absolute Gasteiger partial charge is 0.314 e. The number of nitrogens with one attached hydrogen (secondary N) is 1. The molecule has 5 aliphatic rings. The Kier molecular flexibility index (Phi) is 3.11. The molecule has 1 aliphatic heterocycles. The Labute approximate surface area is 130 Å². The maximum absolute atomic E-state index is 3.48. The minimum atomic E-state index is 0.540. The second kappa shape index (κ2) is 4.58. The van der Waals surface area contributed by atoms with Gasteiger partial charge in [-0.2, -0.15) is 0 Å². The fourth-order valence-electron chi connectivity index (χ4n) is 5.82. The highest BCUT2D eigenvalue weighted by molar-refractivity contribution is 5.37. The summed E-state index contributed by atoms with van der Waals surface area (Å²) < 4.78 is 0. The summed E-state index contributed by atoms with van der Waals surface area (Å²) in [4.78, 5) is 2.69. The quantitative estimate of drug-likeness (QED) is 0.798. The van der Waals surface area contributed by atoms with Gasteiger partial charge in [0.25, 0.3) is 0 Å². The molecule has 1 saturated heterocycles. The molecule has 2 nitrogen and oxygen atoms in total. The molecule has 4 aliphatic carbocycles. The van der Waals surface area contributed by atoms with Gasteiger partial charge in [0, 0.05) is 32.7 Å². The third-order valence-corrected chi connectivity index (χ3v) is 6.75. The molecule has 0 unspecified atom stereocenters. The maximum Gasteiger partial charge on any atom is 0.0196 e. The number of hydrogen-bond acceptors (Lipinski definition) is 2. The monoisotopic (exact) mass is 288 g/mol. The van der Waals surface area contributed by atoms with Crippen LogP contribution in [0.2, 0.25) is 0 Å². The number of rotatable bonds is 3. The van der Waals surface area contributed by atoms with Gasteiger partial charge in [0.05, 0.1) is 0 Å². The Balaban J connectivity index is 1.56. The minimum Gasteiger partial charge on any atom is -0.314 e. The topological polar surface area (TPSA) is 15.3 Å². The molecule has 2 bridgehead atoms. The van der Waals surface area contributed by atoms with Crippen LogP contribution < -0.4 is 5.32 Å². The molecule has 4 fully saturated rings. The second-order valence-corrected chi connectivity index (χ2v) is 9.57. The first-order valence-corrected chi connectivity index (χ1v) is 9.04. The number of hydrogen-bond donors (Lipinski definition) is 1. The predicted molar refractivity (Wildman–Crippen MR) is 88.4 cm³/mol. The molecular formula is C19H32N2. The van der Waals surface area contributed by atoms with Gasteiger partial charge in [0.1, 0.15) is 0 Å². The molecule has 0 aromatic rings. The normalized spacial score (nSPS) is 42.4. The molecule has 0 aromatic carbocycles. The Morgan fingerprint density at radius 1 is 1.05 bits per heavy atom. The van der Waals surface area contributed by atoms with Crippen LogP contribution in [0.15, 0.2) is 11.1 Å². The first kappa shape index (κ1) is 14.3. The van der Waals surface area contributed by atoms with Crippen molar-refractivity contribution in [1.29, 1.82) is 0 Å². The van der Waals surface area contributed by atoms with Crippen molar-refractivity contribution >= 4 is 0 Å². The third-order valence-electron chi connectivity index (χ3n) is 6.75. The lowest BCUT2D eigenvalue weighted by molar-refractivity contribution is -0.167. The summed E-state index contributed by atoms with van der Waals surface area (Å²) in [5.74, 6) is 0. The van der Waals surface area contributed by atoms with Gasteiger partial charge in [-0.15, -0.1) is 0 Å². The molecule has 1 N–H and O–H groups in total. The van der Waals surface area contributed by atoms with Gasteiger partial charge in [0.2, 0.25) is 0 Å². The molecule has 21 heavy (non-hydrogen) atoms.